The van der Waals surface area contributed by atoms with E-state index in [2.05, 4.69) is 10.0 Å². The Balaban J connectivity index is 2.01. The molecule has 2 aromatic rings. The van der Waals surface area contributed by atoms with Gasteiger partial charge in [-0.1, -0.05) is 24.3 Å². The lowest BCUT2D eigenvalue weighted by Gasteiger charge is -2.21. The summed E-state index contributed by atoms with van der Waals surface area (Å²) in [7, 11) is -3.57. The molecule has 1 aliphatic heterocycles. The molecule has 5 heteroatoms. The minimum atomic E-state index is -3.57. The van der Waals surface area contributed by atoms with Crippen molar-refractivity contribution in [2.45, 2.75) is 24.7 Å². The summed E-state index contributed by atoms with van der Waals surface area (Å²) >= 11 is 0. The quantitative estimate of drug-likeness (QED) is 0.915. The van der Waals surface area contributed by atoms with E-state index in [1.807, 2.05) is 31.2 Å². The van der Waals surface area contributed by atoms with Crippen LogP contribution in [0.3, 0.4) is 0 Å². The maximum Gasteiger partial charge on any atom is 0.262 e. The monoisotopic (exact) mass is 302 g/mol. The second-order valence-corrected chi connectivity index (χ2v) is 6.88. The normalized spacial score (nSPS) is 14.1. The van der Waals surface area contributed by atoms with E-state index in [0.29, 0.717) is 10.6 Å². The summed E-state index contributed by atoms with van der Waals surface area (Å²) in [5.74, 6) is 0. The van der Waals surface area contributed by atoms with Crippen LogP contribution in [0.25, 0.3) is 0 Å². The van der Waals surface area contributed by atoms with E-state index in [4.69, 9.17) is 0 Å². The summed E-state index contributed by atoms with van der Waals surface area (Å²) in [4.78, 5) is 0.371. The summed E-state index contributed by atoms with van der Waals surface area (Å²) in [5.41, 5.74) is 3.33. The lowest BCUT2D eigenvalue weighted by atomic mass is 10.0. The van der Waals surface area contributed by atoms with Gasteiger partial charge in [-0.2, -0.15) is 0 Å². The minimum Gasteiger partial charge on any atom is -0.385 e. The van der Waals surface area contributed by atoms with Gasteiger partial charge in [-0.3, -0.25) is 4.72 Å². The Morgan fingerprint density at radius 3 is 2.71 bits per heavy atom. The molecule has 0 saturated carbocycles. The first-order valence-corrected chi connectivity index (χ1v) is 8.50. The second-order valence-electron chi connectivity index (χ2n) is 5.23. The van der Waals surface area contributed by atoms with Gasteiger partial charge in [0.05, 0.1) is 10.6 Å². The average Bonchev–Trinajstić information content (AvgIpc) is 2.49. The van der Waals surface area contributed by atoms with E-state index >= 15 is 0 Å². The third kappa shape index (κ3) is 2.74. The molecule has 0 atom stereocenters. The number of hydrogen-bond acceptors (Lipinski definition) is 3. The van der Waals surface area contributed by atoms with Crippen molar-refractivity contribution in [3.8, 4) is 0 Å². The topological polar surface area (TPSA) is 58.2 Å². The average molecular weight is 302 g/mol. The Kier molecular flexibility index (Phi) is 3.59. The first-order chi connectivity index (χ1) is 10.1. The van der Waals surface area contributed by atoms with Crippen LogP contribution in [-0.2, 0) is 16.4 Å². The van der Waals surface area contributed by atoms with Gasteiger partial charge in [-0.05, 0) is 49.1 Å². The fourth-order valence-electron chi connectivity index (χ4n) is 2.62. The predicted octanol–water partition coefficient (Wildman–Crippen LogP) is 3.15. The molecule has 0 unspecified atom stereocenters. The molecule has 2 N–H and O–H groups in total. The van der Waals surface area contributed by atoms with Gasteiger partial charge in [0.25, 0.3) is 10.0 Å². The highest BCUT2D eigenvalue weighted by Crippen LogP contribution is 2.30. The molecule has 0 aliphatic carbocycles. The highest BCUT2D eigenvalue weighted by Gasteiger charge is 2.22. The van der Waals surface area contributed by atoms with E-state index < -0.39 is 10.0 Å². The summed E-state index contributed by atoms with van der Waals surface area (Å²) in [5, 5.41) is 3.26. The van der Waals surface area contributed by atoms with Crippen molar-refractivity contribution in [1.29, 1.82) is 0 Å². The maximum atomic E-state index is 12.7. The summed E-state index contributed by atoms with van der Waals surface area (Å²) < 4.78 is 28.1. The van der Waals surface area contributed by atoms with E-state index in [-0.39, 0.29) is 0 Å². The Morgan fingerprint density at radius 1 is 1.10 bits per heavy atom. The fraction of sp³-hybridized carbons (Fsp3) is 0.250. The summed E-state index contributed by atoms with van der Waals surface area (Å²) in [6.07, 6.45) is 1.73. The van der Waals surface area contributed by atoms with E-state index in [1.165, 1.54) is 0 Å². The number of anilines is 2. The number of fused-ring (bicyclic) bond motifs is 1. The Labute approximate surface area is 125 Å². The van der Waals surface area contributed by atoms with Crippen LogP contribution in [0, 0.1) is 6.92 Å². The fourth-order valence-corrected chi connectivity index (χ4v) is 4.04. The smallest absolute Gasteiger partial charge is 0.262 e. The van der Waals surface area contributed by atoms with Crippen molar-refractivity contribution < 1.29 is 8.42 Å². The van der Waals surface area contributed by atoms with Gasteiger partial charge >= 0.3 is 0 Å². The number of benzene rings is 2. The van der Waals surface area contributed by atoms with Gasteiger partial charge in [0.1, 0.15) is 0 Å². The van der Waals surface area contributed by atoms with Crippen molar-refractivity contribution in [1.82, 2.24) is 0 Å². The number of aryl methyl sites for hydroxylation is 1. The zero-order chi connectivity index (χ0) is 14.9. The standard InChI is InChI=1S/C16H18N2O2S/c1-12-6-2-3-8-14(12)18-21(19,20)16-10-4-9-15-13(16)7-5-11-17-15/h2-4,6,8-10,17-18H,5,7,11H2,1H3. The Hall–Kier alpha value is -2.01. The molecule has 0 bridgehead atoms. The molecule has 0 spiro atoms. The van der Waals surface area contributed by atoms with Gasteiger partial charge in [-0.15, -0.1) is 0 Å². The van der Waals surface area contributed by atoms with Crippen LogP contribution in [-0.4, -0.2) is 15.0 Å². The molecule has 3 rings (SSSR count). The van der Waals surface area contributed by atoms with Crippen LogP contribution >= 0.6 is 0 Å². The second kappa shape index (κ2) is 5.41. The van der Waals surface area contributed by atoms with Crippen LogP contribution in [0.5, 0.6) is 0 Å². The molecular formula is C16H18N2O2S. The summed E-state index contributed by atoms with van der Waals surface area (Å²) in [6.45, 7) is 2.78. The minimum absolute atomic E-state index is 0.371. The van der Waals surface area contributed by atoms with E-state index in [0.717, 1.165) is 36.2 Å². The van der Waals surface area contributed by atoms with Gasteiger partial charge in [0.2, 0.25) is 0 Å². The zero-order valence-electron chi connectivity index (χ0n) is 11.9. The third-order valence-corrected chi connectivity index (χ3v) is 5.18. The van der Waals surface area contributed by atoms with E-state index in [9.17, 15) is 8.42 Å². The van der Waals surface area contributed by atoms with Crippen LogP contribution < -0.4 is 10.0 Å². The molecule has 1 heterocycles. The molecule has 21 heavy (non-hydrogen) atoms. The first-order valence-electron chi connectivity index (χ1n) is 7.02. The van der Waals surface area contributed by atoms with Gasteiger partial charge in [0.15, 0.2) is 0 Å². The van der Waals surface area contributed by atoms with Crippen molar-refractivity contribution in [2.75, 3.05) is 16.6 Å². The molecule has 1 aliphatic rings. The molecule has 4 nitrogen and oxygen atoms in total. The molecule has 2 aromatic carbocycles. The summed E-state index contributed by atoms with van der Waals surface area (Å²) in [6, 6.07) is 12.8. The van der Waals surface area contributed by atoms with Crippen LogP contribution in [0.1, 0.15) is 17.5 Å². The van der Waals surface area contributed by atoms with Crippen molar-refractivity contribution in [3.05, 3.63) is 53.6 Å². The number of para-hydroxylation sites is 1. The number of rotatable bonds is 3. The van der Waals surface area contributed by atoms with Crippen molar-refractivity contribution in [3.63, 3.8) is 0 Å². The lowest BCUT2D eigenvalue weighted by molar-refractivity contribution is 0.599. The lowest BCUT2D eigenvalue weighted by Crippen LogP contribution is -2.19. The third-order valence-electron chi connectivity index (χ3n) is 3.73. The van der Waals surface area contributed by atoms with Crippen molar-refractivity contribution in [2.24, 2.45) is 0 Å². The largest absolute Gasteiger partial charge is 0.385 e. The highest BCUT2D eigenvalue weighted by atomic mass is 32.2. The molecular weight excluding hydrogens is 284 g/mol. The maximum absolute atomic E-state index is 12.7. The molecule has 0 radical (unpaired) electrons. The Morgan fingerprint density at radius 2 is 1.90 bits per heavy atom. The predicted molar refractivity (Wildman–Crippen MR) is 85.2 cm³/mol. The van der Waals surface area contributed by atoms with Crippen LogP contribution in [0.2, 0.25) is 0 Å². The molecule has 0 saturated heterocycles. The van der Waals surface area contributed by atoms with E-state index in [1.54, 1.807) is 18.2 Å². The van der Waals surface area contributed by atoms with Gasteiger partial charge in [-0.25, -0.2) is 8.42 Å². The van der Waals surface area contributed by atoms with Gasteiger partial charge < -0.3 is 5.32 Å². The number of hydrogen-bond donors (Lipinski definition) is 2. The highest BCUT2D eigenvalue weighted by molar-refractivity contribution is 7.92. The molecule has 110 valence electrons. The molecule has 0 amide bonds. The molecule has 0 aromatic heterocycles. The van der Waals surface area contributed by atoms with Crippen LogP contribution in [0.4, 0.5) is 11.4 Å². The Bertz CT molecular complexity index is 770. The number of nitrogens with one attached hydrogen (secondary N) is 2. The molecule has 0 fully saturated rings. The van der Waals surface area contributed by atoms with Crippen molar-refractivity contribution >= 4 is 21.4 Å². The zero-order valence-corrected chi connectivity index (χ0v) is 12.7. The number of sulfonamides is 1. The van der Waals surface area contributed by atoms with Gasteiger partial charge in [0, 0.05) is 12.2 Å². The first kappa shape index (κ1) is 13.9. The van der Waals surface area contributed by atoms with Crippen LogP contribution in [0.15, 0.2) is 47.4 Å². The SMILES string of the molecule is Cc1ccccc1NS(=O)(=O)c1cccc2c1CCCN2.